The number of rotatable bonds is 12. The van der Waals surface area contributed by atoms with Crippen LogP contribution in [0.5, 0.6) is 0 Å². The van der Waals surface area contributed by atoms with Gasteiger partial charge in [-0.25, -0.2) is 0 Å². The van der Waals surface area contributed by atoms with Crippen LogP contribution in [0.25, 0.3) is 0 Å². The summed E-state index contributed by atoms with van der Waals surface area (Å²) in [6.07, 6.45) is 17.5. The number of methoxy groups -OCH3 is 1. The first-order chi connectivity index (χ1) is 13.7. The van der Waals surface area contributed by atoms with E-state index < -0.39 is 0 Å². The van der Waals surface area contributed by atoms with Crippen LogP contribution < -0.4 is 0 Å². The molecule has 0 unspecified atom stereocenters. The standard InChI is InChI=1S/C16H26O.5CO.Cr/c1-4-5-6-7-8-9-10-11-12-13-14-16(2)15-17-3;5*1-2;/h1H,2,5-14H2,3H3;;;;;;. The van der Waals surface area contributed by atoms with E-state index in [0.29, 0.717) is 0 Å². The molecule has 0 aromatic rings. The van der Waals surface area contributed by atoms with Gasteiger partial charge in [-0.2, -0.15) is 0 Å². The molecular weight excluding hydrogens is 400 g/mol. The normalized spacial score (nSPS) is 6.79. The zero-order chi connectivity index (χ0) is 23.6. The van der Waals surface area contributed by atoms with Gasteiger partial charge in [0.05, 0.1) is 0 Å². The molecule has 0 saturated heterocycles. The molecule has 0 amide bonds. The van der Waals surface area contributed by atoms with Gasteiger partial charge in [0.2, 0.25) is 0 Å². The molecule has 0 aromatic heterocycles. The Morgan fingerprint density at radius 3 is 1.43 bits per heavy atom. The fraction of sp³-hybridized carbons (Fsp3) is 0.524. The van der Waals surface area contributed by atoms with Crippen LogP contribution in [-0.2, 0) is 43.8 Å². The molecule has 0 aliphatic carbocycles. The van der Waals surface area contributed by atoms with Crippen molar-refractivity contribution in [1.82, 2.24) is 0 Å². The zero-order valence-corrected chi connectivity index (χ0v) is 17.5. The van der Waals surface area contributed by atoms with Gasteiger partial charge in [0.25, 0.3) is 0 Å². The van der Waals surface area contributed by atoms with Gasteiger partial charge in [0.15, 0.2) is 0 Å². The van der Waals surface area contributed by atoms with E-state index in [-0.39, 0.29) is 0 Å². The number of unbranched alkanes of at least 4 members (excludes halogenated alkanes) is 8. The maximum atomic E-state index is 7.50. The first kappa shape index (κ1) is 40.9. The van der Waals surface area contributed by atoms with Gasteiger partial charge in [-0.3, -0.25) is 0 Å². The van der Waals surface area contributed by atoms with Crippen molar-refractivity contribution in [1.29, 1.82) is 0 Å². The summed E-state index contributed by atoms with van der Waals surface area (Å²) in [6, 6.07) is 0. The molecule has 0 aliphatic heterocycles. The Balaban J connectivity index is -0.000000104. The van der Waals surface area contributed by atoms with Crippen molar-refractivity contribution in [3.05, 3.63) is 45.4 Å². The fourth-order valence-electron chi connectivity index (χ4n) is 1.87. The second kappa shape index (κ2) is 56.2. The Bertz CT molecular complexity index is 431. The van der Waals surface area contributed by atoms with E-state index in [1.54, 1.807) is 7.11 Å². The van der Waals surface area contributed by atoms with Crippen molar-refractivity contribution >= 4 is 4.57 Å². The first-order valence-corrected chi connectivity index (χ1v) is 8.57. The molecule has 7 heteroatoms. The van der Waals surface area contributed by atoms with Crippen LogP contribution in [-0.4, -0.2) is 11.7 Å². The van der Waals surface area contributed by atoms with Gasteiger partial charge in [-0.05, 0) is 0 Å². The molecule has 152 valence electrons. The molecule has 0 saturated carbocycles. The van der Waals surface area contributed by atoms with Gasteiger partial charge in [-0.1, -0.05) is 0 Å². The zero-order valence-electron chi connectivity index (χ0n) is 16.2. The molecule has 28 heavy (non-hydrogen) atoms. The van der Waals surface area contributed by atoms with Crippen molar-refractivity contribution in [2.75, 3.05) is 7.11 Å². The van der Waals surface area contributed by atoms with E-state index in [0.717, 1.165) is 23.0 Å². The van der Waals surface area contributed by atoms with E-state index in [9.17, 15) is 0 Å². The fourth-order valence-corrected chi connectivity index (χ4v) is 2.03. The molecular formula is C21H26CrO6. The van der Waals surface area contributed by atoms with E-state index in [4.69, 9.17) is 34.4 Å². The summed E-state index contributed by atoms with van der Waals surface area (Å²) in [5.41, 5.74) is 1.09. The summed E-state index contributed by atoms with van der Waals surface area (Å²) >= 11 is 2.89. The topological polar surface area (TPSA) is 109 Å². The molecule has 0 aliphatic rings. The third kappa shape index (κ3) is 49.7. The molecule has 6 nitrogen and oxygen atoms in total. The van der Waals surface area contributed by atoms with Crippen LogP contribution in [0.3, 0.4) is 0 Å². The minimum atomic E-state index is 0.850. The Labute approximate surface area is 177 Å². The van der Waals surface area contributed by atoms with Crippen LogP contribution in [0.2, 0.25) is 0 Å². The quantitative estimate of drug-likeness (QED) is 0.198. The van der Waals surface area contributed by atoms with E-state index >= 15 is 0 Å². The van der Waals surface area contributed by atoms with Crippen molar-refractivity contribution in [3.63, 3.8) is 0 Å². The molecule has 0 fully saturated rings. The summed E-state index contributed by atoms with van der Waals surface area (Å²) in [4.78, 5) is 0. The van der Waals surface area contributed by atoms with Crippen LogP contribution in [0.4, 0.5) is 0 Å². The number of ether oxygens (including phenoxy) is 1. The van der Waals surface area contributed by atoms with Gasteiger partial charge >= 0.3 is 165 Å². The van der Waals surface area contributed by atoms with Crippen molar-refractivity contribution in [3.8, 4) is 12.3 Å². The van der Waals surface area contributed by atoms with Gasteiger partial charge < -0.3 is 0 Å². The number of hydrogen-bond acceptors (Lipinski definition) is 1. The third-order valence-electron chi connectivity index (χ3n) is 3.02. The molecule has 0 spiro atoms. The summed E-state index contributed by atoms with van der Waals surface area (Å²) in [6.45, 7) is 26.5. The molecule has 0 bridgehead atoms. The van der Waals surface area contributed by atoms with Crippen LogP contribution in [0.1, 0.15) is 64.2 Å². The average molecular weight is 426 g/mol. The van der Waals surface area contributed by atoms with Crippen molar-refractivity contribution < 1.29 is 43.8 Å². The summed E-state index contributed by atoms with van der Waals surface area (Å²) in [5.74, 6) is 2.69. The molecule has 0 N–H and O–H groups in total. The summed E-state index contributed by atoms with van der Waals surface area (Å²) in [5, 5.41) is 0. The second-order valence-electron chi connectivity index (χ2n) is 4.63. The third-order valence-corrected chi connectivity index (χ3v) is 3.73. The van der Waals surface area contributed by atoms with Crippen LogP contribution >= 0.6 is 0 Å². The molecule has 0 rings (SSSR count). The average Bonchev–Trinajstić information content (AvgIpc) is 2.81. The minimum absolute atomic E-state index is 0.850. The predicted octanol–water partition coefficient (Wildman–Crippen LogP) is 4.21. The van der Waals surface area contributed by atoms with Crippen molar-refractivity contribution in [2.24, 2.45) is 0 Å². The van der Waals surface area contributed by atoms with Gasteiger partial charge in [-0.15, -0.1) is 12.3 Å². The van der Waals surface area contributed by atoms with E-state index in [2.05, 4.69) is 61.6 Å². The molecule has 0 radical (unpaired) electrons. The molecule has 0 aromatic carbocycles. The molecule has 0 atom stereocenters. The Kier molecular flexibility index (Phi) is 82.1. The number of hydrogen-bond donors (Lipinski definition) is 0. The number of terminal acetylenes is 1. The Hall–Kier alpha value is -1.64. The summed E-state index contributed by atoms with van der Waals surface area (Å²) < 4.78 is 43.5. The SMILES string of the molecule is C#CCCCCCCCCCCC(=C)[C](=[Cr])OC.[C-]#[O+].[C-]#[O+].[C-]#[O+].[C-]#[O+].[C-]#[O+]. The van der Waals surface area contributed by atoms with Gasteiger partial charge in [0.1, 0.15) is 0 Å². The summed E-state index contributed by atoms with van der Waals surface area (Å²) in [7, 11) is 1.68. The van der Waals surface area contributed by atoms with Crippen molar-refractivity contribution in [2.45, 2.75) is 64.2 Å². The van der Waals surface area contributed by atoms with E-state index in [1.807, 2.05) is 0 Å². The Morgan fingerprint density at radius 2 is 1.11 bits per heavy atom. The maximum absolute atomic E-state index is 7.50. The van der Waals surface area contributed by atoms with Gasteiger partial charge in [0, 0.05) is 0 Å². The monoisotopic (exact) mass is 426 g/mol. The van der Waals surface area contributed by atoms with Crippen LogP contribution in [0, 0.1) is 45.6 Å². The van der Waals surface area contributed by atoms with Crippen LogP contribution in [0.15, 0.2) is 12.2 Å². The second-order valence-corrected chi connectivity index (χ2v) is 5.21. The predicted molar refractivity (Wildman–Crippen MR) is 95.8 cm³/mol. The Morgan fingerprint density at radius 1 is 0.786 bits per heavy atom. The first-order valence-electron chi connectivity index (χ1n) is 7.94. The van der Waals surface area contributed by atoms with E-state index in [1.165, 1.54) is 51.4 Å². The molecule has 0 heterocycles.